The van der Waals surface area contributed by atoms with Crippen molar-refractivity contribution < 1.29 is 18.9 Å². The molecule has 0 spiro atoms. The van der Waals surface area contributed by atoms with Crippen molar-refractivity contribution in [3.63, 3.8) is 0 Å². The second-order valence-electron chi connectivity index (χ2n) is 4.63. The molecule has 0 radical (unpaired) electrons. The zero-order valence-corrected chi connectivity index (χ0v) is 11.2. The molecule has 1 rings (SSSR count). The van der Waals surface area contributed by atoms with Crippen molar-refractivity contribution in [2.45, 2.75) is 32.4 Å². The van der Waals surface area contributed by atoms with E-state index >= 15 is 0 Å². The molecule has 2 atom stereocenters. The molecule has 1 amide bonds. The molecular weight excluding hydrogens is 234 g/mol. The van der Waals surface area contributed by atoms with Gasteiger partial charge in [0.1, 0.15) is 6.21 Å². The van der Waals surface area contributed by atoms with Crippen molar-refractivity contribution in [1.29, 1.82) is 0 Å². The second-order valence-corrected chi connectivity index (χ2v) is 4.63. The number of carbonyl (C=O) groups is 2. The molecule has 1 unspecified atom stereocenters. The van der Waals surface area contributed by atoms with E-state index < -0.39 is 12.1 Å². The van der Waals surface area contributed by atoms with Crippen LogP contribution in [-0.4, -0.2) is 55.2 Å². The lowest BCUT2D eigenvalue weighted by Gasteiger charge is -2.18. The summed E-state index contributed by atoms with van der Waals surface area (Å²) in [4.78, 5) is 27.5. The van der Waals surface area contributed by atoms with E-state index in [0.29, 0.717) is 6.42 Å². The Morgan fingerprint density at radius 1 is 1.50 bits per heavy atom. The Morgan fingerprint density at radius 3 is 2.61 bits per heavy atom. The van der Waals surface area contributed by atoms with E-state index in [1.165, 1.54) is 7.11 Å². The molecule has 1 aliphatic heterocycles. The summed E-state index contributed by atoms with van der Waals surface area (Å²) in [5, 5.41) is 2.57. The zero-order valence-electron chi connectivity index (χ0n) is 11.2. The van der Waals surface area contributed by atoms with Gasteiger partial charge in [-0.15, -0.1) is 0 Å². The molecule has 100 valence electrons. The van der Waals surface area contributed by atoms with Gasteiger partial charge in [0.15, 0.2) is 11.8 Å². The number of nitrogens with one attached hydrogen (secondary N) is 1. The fourth-order valence-electron chi connectivity index (χ4n) is 1.75. The van der Waals surface area contributed by atoms with Crippen molar-refractivity contribution in [2.24, 2.45) is 10.9 Å². The number of carbonyl (C=O) groups excluding carboxylic acids is 2. The summed E-state index contributed by atoms with van der Waals surface area (Å²) >= 11 is 0. The Labute approximate surface area is 107 Å². The highest BCUT2D eigenvalue weighted by atomic mass is 16.5. The van der Waals surface area contributed by atoms with Crippen LogP contribution in [0.1, 0.15) is 20.3 Å². The maximum absolute atomic E-state index is 12.0. The van der Waals surface area contributed by atoms with Crippen LogP contribution < -0.4 is 5.32 Å². The van der Waals surface area contributed by atoms with Crippen molar-refractivity contribution >= 4 is 24.4 Å². The molecule has 0 aromatic heterocycles. The standard InChI is InChI=1S/C12H19N3O3/c1-8(2)11(16)10(14-12(17)18-4)5-9-6-15(3)7-13-9/h6-10H,5H2,1-4H3/p+1/t9?,10-/m0/s1. The van der Waals surface area contributed by atoms with Crippen LogP contribution in [0.5, 0.6) is 0 Å². The predicted molar refractivity (Wildman–Crippen MR) is 68.3 cm³/mol. The molecule has 0 fully saturated rings. The minimum absolute atomic E-state index is 0.0152. The van der Waals surface area contributed by atoms with E-state index in [0.717, 1.165) is 0 Å². The van der Waals surface area contributed by atoms with Gasteiger partial charge in [-0.05, 0) is 0 Å². The number of ether oxygens (including phenoxy) is 1. The zero-order chi connectivity index (χ0) is 13.7. The van der Waals surface area contributed by atoms with Gasteiger partial charge in [0.2, 0.25) is 0 Å². The van der Waals surface area contributed by atoms with Crippen LogP contribution in [0.2, 0.25) is 0 Å². The lowest BCUT2D eigenvalue weighted by atomic mass is 9.96. The van der Waals surface area contributed by atoms with E-state index in [-0.39, 0.29) is 17.7 Å². The van der Waals surface area contributed by atoms with Gasteiger partial charge in [-0.1, -0.05) is 18.8 Å². The second kappa shape index (κ2) is 6.28. The average Bonchev–Trinajstić information content (AvgIpc) is 2.72. The molecule has 1 N–H and O–H groups in total. The number of methoxy groups -OCH3 is 1. The van der Waals surface area contributed by atoms with Crippen molar-refractivity contribution in [3.8, 4) is 0 Å². The number of ketones is 1. The first-order valence-electron chi connectivity index (χ1n) is 5.92. The number of Topliss-reactive ketones (excluding diaryl/α,β-unsaturated/α-hetero) is 1. The summed E-state index contributed by atoms with van der Waals surface area (Å²) in [6, 6.07) is -0.651. The van der Waals surface area contributed by atoms with Gasteiger partial charge < -0.3 is 10.1 Å². The largest absolute Gasteiger partial charge is 0.453 e. The minimum atomic E-state index is -0.593. The fraction of sp³-hybridized carbons (Fsp3) is 0.667. The number of hydrogen-bond donors (Lipinski definition) is 1. The number of rotatable bonds is 5. The molecule has 0 aromatic carbocycles. The third kappa shape index (κ3) is 3.94. The van der Waals surface area contributed by atoms with E-state index in [2.05, 4.69) is 15.0 Å². The lowest BCUT2D eigenvalue weighted by molar-refractivity contribution is -0.351. The van der Waals surface area contributed by atoms with Gasteiger partial charge in [0.25, 0.3) is 6.34 Å². The van der Waals surface area contributed by atoms with Crippen LogP contribution in [-0.2, 0) is 9.53 Å². The summed E-state index contributed by atoms with van der Waals surface area (Å²) in [5.41, 5.74) is 0. The molecule has 0 saturated carbocycles. The Balaban J connectivity index is 2.69. The van der Waals surface area contributed by atoms with Crippen LogP contribution in [0.15, 0.2) is 4.99 Å². The van der Waals surface area contributed by atoms with Crippen LogP contribution in [0.3, 0.4) is 0 Å². The van der Waals surface area contributed by atoms with Gasteiger partial charge in [-0.25, -0.2) is 9.37 Å². The van der Waals surface area contributed by atoms with Crippen molar-refractivity contribution in [1.82, 2.24) is 5.32 Å². The SMILES string of the molecule is COC(=O)N[C@@H](CC1C=[N+](C)C=N1)C(=O)C(C)C. The first kappa shape index (κ1) is 14.3. The van der Waals surface area contributed by atoms with Crippen LogP contribution in [0, 0.1) is 5.92 Å². The molecule has 0 aromatic rings. The lowest BCUT2D eigenvalue weighted by Crippen LogP contribution is -2.44. The highest BCUT2D eigenvalue weighted by Crippen LogP contribution is 2.09. The van der Waals surface area contributed by atoms with Gasteiger partial charge in [0.05, 0.1) is 20.2 Å². The van der Waals surface area contributed by atoms with E-state index in [4.69, 9.17) is 0 Å². The Morgan fingerprint density at radius 2 is 2.17 bits per heavy atom. The molecule has 1 heterocycles. The number of aliphatic imine (C=N–C) groups is 1. The highest BCUT2D eigenvalue weighted by molar-refractivity contribution is 5.89. The van der Waals surface area contributed by atoms with Crippen LogP contribution >= 0.6 is 0 Å². The van der Waals surface area contributed by atoms with Crippen molar-refractivity contribution in [2.75, 3.05) is 14.2 Å². The summed E-state index contributed by atoms with van der Waals surface area (Å²) in [6.07, 6.45) is 3.45. The van der Waals surface area contributed by atoms with Gasteiger partial charge in [-0.2, -0.15) is 0 Å². The van der Waals surface area contributed by atoms with E-state index in [1.807, 2.05) is 31.7 Å². The van der Waals surface area contributed by atoms with E-state index in [1.54, 1.807) is 6.34 Å². The topological polar surface area (TPSA) is 70.8 Å². The summed E-state index contributed by atoms with van der Waals surface area (Å²) in [7, 11) is 3.15. The summed E-state index contributed by atoms with van der Waals surface area (Å²) < 4.78 is 6.37. The molecule has 1 aliphatic rings. The highest BCUT2D eigenvalue weighted by Gasteiger charge is 2.30. The first-order chi connectivity index (χ1) is 8.43. The first-order valence-corrected chi connectivity index (χ1v) is 5.92. The average molecular weight is 254 g/mol. The van der Waals surface area contributed by atoms with Gasteiger partial charge in [0, 0.05) is 12.3 Å². The monoisotopic (exact) mass is 254 g/mol. The van der Waals surface area contributed by atoms with E-state index in [9.17, 15) is 9.59 Å². The van der Waals surface area contributed by atoms with Gasteiger partial charge in [-0.3, -0.25) is 4.79 Å². The Kier molecular flexibility index (Phi) is 5.00. The molecule has 0 saturated heterocycles. The minimum Gasteiger partial charge on any atom is -0.453 e. The third-order valence-corrected chi connectivity index (χ3v) is 2.71. The molecular formula is C12H20N3O3+. The summed E-state index contributed by atoms with van der Waals surface area (Å²) in [5.74, 6) is -0.158. The normalized spacial score (nSPS) is 19.6. The van der Waals surface area contributed by atoms with Crippen molar-refractivity contribution in [3.05, 3.63) is 0 Å². The number of hydrogen-bond acceptors (Lipinski definition) is 4. The maximum Gasteiger partial charge on any atom is 0.407 e. The number of nitrogens with zero attached hydrogens (tertiary/aromatic N) is 2. The third-order valence-electron chi connectivity index (χ3n) is 2.71. The molecule has 0 bridgehead atoms. The van der Waals surface area contributed by atoms with Crippen LogP contribution in [0.25, 0.3) is 0 Å². The number of alkyl carbamates (subject to hydrolysis) is 1. The summed E-state index contributed by atoms with van der Waals surface area (Å²) in [6.45, 7) is 3.62. The maximum atomic E-state index is 12.0. The predicted octanol–water partition coefficient (Wildman–Crippen LogP) is 0.450. The fourth-order valence-corrected chi connectivity index (χ4v) is 1.75. The van der Waals surface area contributed by atoms with Gasteiger partial charge >= 0.3 is 6.09 Å². The Bertz CT molecular complexity index is 388. The molecule has 6 heteroatoms. The molecule has 18 heavy (non-hydrogen) atoms. The quantitative estimate of drug-likeness (QED) is 0.724. The van der Waals surface area contributed by atoms with Crippen LogP contribution in [0.4, 0.5) is 4.79 Å². The molecule has 0 aliphatic carbocycles. The number of amides is 1. The smallest absolute Gasteiger partial charge is 0.407 e. The molecule has 6 nitrogen and oxygen atoms in total. The Hall–Kier alpha value is -1.72.